The second kappa shape index (κ2) is 12.4. The number of amides is 4. The number of allylic oxidation sites excluding steroid dienone is 2. The minimum atomic E-state index is -1.35. The van der Waals surface area contributed by atoms with Crippen LogP contribution in [-0.4, -0.2) is 45.1 Å². The number of aryl methyl sites for hydroxylation is 2. The Bertz CT molecular complexity index is 2470. The fourth-order valence-corrected chi connectivity index (χ4v) is 11.0. The van der Waals surface area contributed by atoms with E-state index in [1.54, 1.807) is 78.5 Å². The SMILES string of the molecule is CCOc1cccc(C2C3=CCC4C(=O)N(c5ccccc5)C(=O)C4C3CC3C(=O)N(c4cc(-c5sc6ccc(Cl)cc6c5C)nn4C)C(=O)C32C)c1O. The molecule has 2 saturated heterocycles. The van der Waals surface area contributed by atoms with Crippen molar-refractivity contribution in [3.63, 3.8) is 0 Å². The first kappa shape index (κ1) is 34.5. The predicted octanol–water partition coefficient (Wildman–Crippen LogP) is 7.80. The van der Waals surface area contributed by atoms with Gasteiger partial charge in [-0.2, -0.15) is 5.10 Å². The normalized spacial score (nSPS) is 26.3. The molecular formula is C42H37ClN4O6S. The third-order valence-electron chi connectivity index (χ3n) is 12.1. The lowest BCUT2D eigenvalue weighted by Gasteiger charge is -2.49. The molecule has 2 aliphatic carbocycles. The Hall–Kier alpha value is -5.26. The fourth-order valence-electron chi connectivity index (χ4n) is 9.67. The monoisotopic (exact) mass is 760 g/mol. The number of phenolic OH excluding ortho intramolecular Hbond substituents is 1. The van der Waals surface area contributed by atoms with Crippen molar-refractivity contribution in [1.82, 2.24) is 9.78 Å². The van der Waals surface area contributed by atoms with Crippen LogP contribution in [0.25, 0.3) is 20.7 Å². The zero-order chi connectivity index (χ0) is 37.8. The van der Waals surface area contributed by atoms with Crippen molar-refractivity contribution in [1.29, 1.82) is 0 Å². The molecule has 9 rings (SSSR count). The molecule has 274 valence electrons. The quantitative estimate of drug-likeness (QED) is 0.139. The molecule has 3 fully saturated rings. The van der Waals surface area contributed by atoms with Crippen molar-refractivity contribution in [3.05, 3.63) is 101 Å². The van der Waals surface area contributed by atoms with Crippen LogP contribution in [0.3, 0.4) is 0 Å². The van der Waals surface area contributed by atoms with E-state index in [-0.39, 0.29) is 29.7 Å². The van der Waals surface area contributed by atoms with E-state index in [1.165, 1.54) is 9.80 Å². The molecule has 6 unspecified atom stereocenters. The summed E-state index contributed by atoms with van der Waals surface area (Å²) >= 11 is 7.88. The van der Waals surface area contributed by atoms with Crippen LogP contribution in [0.1, 0.15) is 43.7 Å². The summed E-state index contributed by atoms with van der Waals surface area (Å²) in [4.78, 5) is 61.8. The molecule has 12 heteroatoms. The van der Waals surface area contributed by atoms with Crippen molar-refractivity contribution in [3.8, 4) is 22.1 Å². The fraction of sp³-hybridized carbons (Fsp3) is 0.310. The number of anilines is 2. The van der Waals surface area contributed by atoms with Crippen molar-refractivity contribution in [2.24, 2.45) is 36.1 Å². The predicted molar refractivity (Wildman–Crippen MR) is 207 cm³/mol. The highest BCUT2D eigenvalue weighted by atomic mass is 35.5. The summed E-state index contributed by atoms with van der Waals surface area (Å²) in [5.41, 5.74) is 1.99. The van der Waals surface area contributed by atoms with Gasteiger partial charge in [0.2, 0.25) is 23.6 Å². The Morgan fingerprint density at radius 1 is 0.963 bits per heavy atom. The molecular weight excluding hydrogens is 724 g/mol. The minimum absolute atomic E-state index is 0.116. The van der Waals surface area contributed by atoms with E-state index in [1.807, 2.05) is 44.2 Å². The van der Waals surface area contributed by atoms with Crippen molar-refractivity contribution >= 4 is 68.2 Å². The number of hydrogen-bond donors (Lipinski definition) is 1. The maximum Gasteiger partial charge on any atom is 0.242 e. The number of carbonyl (C=O) groups excluding carboxylic acids is 4. The molecule has 3 aromatic carbocycles. The zero-order valence-corrected chi connectivity index (χ0v) is 31.6. The van der Waals surface area contributed by atoms with Gasteiger partial charge in [-0.25, -0.2) is 4.90 Å². The highest BCUT2D eigenvalue weighted by molar-refractivity contribution is 7.22. The second-order valence-electron chi connectivity index (χ2n) is 14.8. The van der Waals surface area contributed by atoms with E-state index in [0.717, 1.165) is 26.1 Å². The summed E-state index contributed by atoms with van der Waals surface area (Å²) < 4.78 is 8.40. The number of ether oxygens (including phenoxy) is 1. The zero-order valence-electron chi connectivity index (χ0n) is 30.1. The van der Waals surface area contributed by atoms with Crippen molar-refractivity contribution < 1.29 is 29.0 Å². The summed E-state index contributed by atoms with van der Waals surface area (Å²) in [7, 11) is 1.71. The summed E-state index contributed by atoms with van der Waals surface area (Å²) in [6.07, 6.45) is 2.46. The minimum Gasteiger partial charge on any atom is -0.504 e. The van der Waals surface area contributed by atoms with Gasteiger partial charge in [0.1, 0.15) is 11.5 Å². The third-order valence-corrected chi connectivity index (χ3v) is 13.7. The number of hydrogen-bond acceptors (Lipinski definition) is 8. The summed E-state index contributed by atoms with van der Waals surface area (Å²) in [5, 5.41) is 18.2. The number of fused-ring (bicyclic) bond motifs is 5. The molecule has 2 aromatic heterocycles. The van der Waals surface area contributed by atoms with E-state index in [2.05, 4.69) is 0 Å². The number of aromatic nitrogens is 2. The smallest absolute Gasteiger partial charge is 0.242 e. The van der Waals surface area contributed by atoms with Gasteiger partial charge in [-0.3, -0.25) is 28.8 Å². The van der Waals surface area contributed by atoms with Gasteiger partial charge in [-0.15, -0.1) is 11.3 Å². The number of thiophene rings is 1. The molecule has 4 aliphatic rings. The highest BCUT2D eigenvalue weighted by Gasteiger charge is 2.68. The van der Waals surface area contributed by atoms with Crippen LogP contribution in [-0.2, 0) is 26.2 Å². The number of rotatable bonds is 6. The average molecular weight is 761 g/mol. The molecule has 0 bridgehead atoms. The van der Waals surface area contributed by atoms with Gasteiger partial charge in [0.05, 0.1) is 40.3 Å². The summed E-state index contributed by atoms with van der Waals surface area (Å²) in [5.74, 6) is -4.46. The van der Waals surface area contributed by atoms with E-state index in [0.29, 0.717) is 40.8 Å². The van der Waals surface area contributed by atoms with Gasteiger partial charge in [-0.1, -0.05) is 53.6 Å². The van der Waals surface area contributed by atoms with Gasteiger partial charge in [0, 0.05) is 34.3 Å². The topological polar surface area (TPSA) is 122 Å². The number of aromatic hydroxyl groups is 1. The van der Waals surface area contributed by atoms with Crippen molar-refractivity contribution in [2.45, 2.75) is 39.5 Å². The maximum atomic E-state index is 15.2. The van der Waals surface area contributed by atoms with Crippen LogP contribution >= 0.6 is 22.9 Å². The first-order valence-electron chi connectivity index (χ1n) is 18.1. The number of nitrogens with zero attached hydrogens (tertiary/aromatic N) is 4. The van der Waals surface area contributed by atoms with E-state index < -0.39 is 46.8 Å². The van der Waals surface area contributed by atoms with E-state index >= 15 is 4.79 Å². The molecule has 6 atom stereocenters. The lowest BCUT2D eigenvalue weighted by molar-refractivity contribution is -0.131. The molecule has 0 spiro atoms. The van der Waals surface area contributed by atoms with Crippen molar-refractivity contribution in [2.75, 3.05) is 16.4 Å². The standard InChI is InChI=1S/C42H37ClN4O6S/c1-5-53-31-13-9-12-26(36(31)48)35-24-15-16-25-34(40(51)46(38(25)49)23-10-7-6-8-11-23)28(24)19-29-39(50)47(41(52)42(29,35)3)33-20-30(44-45(33)4)37-21(2)27-18-22(43)14-17-32(27)54-37/h6-15,17-18,20,25,28-29,34-35,48H,5,16,19H2,1-4H3. The number of benzene rings is 3. The lowest BCUT2D eigenvalue weighted by atomic mass is 9.51. The van der Waals surface area contributed by atoms with Crippen LogP contribution in [0.5, 0.6) is 11.5 Å². The molecule has 54 heavy (non-hydrogen) atoms. The Kier molecular flexibility index (Phi) is 7.92. The van der Waals surface area contributed by atoms with Crippen LogP contribution in [0.4, 0.5) is 11.5 Å². The lowest BCUT2D eigenvalue weighted by Crippen LogP contribution is -2.49. The van der Waals surface area contributed by atoms with Gasteiger partial charge in [-0.05, 0) is 86.9 Å². The van der Waals surface area contributed by atoms with Gasteiger partial charge < -0.3 is 9.84 Å². The second-order valence-corrected chi connectivity index (χ2v) is 16.3. The van der Waals surface area contributed by atoms with E-state index in [9.17, 15) is 19.5 Å². The molecule has 4 amide bonds. The molecule has 1 N–H and O–H groups in total. The third kappa shape index (κ3) is 4.73. The molecule has 1 saturated carbocycles. The summed E-state index contributed by atoms with van der Waals surface area (Å²) in [6.45, 7) is 5.93. The van der Waals surface area contributed by atoms with Gasteiger partial charge in [0.25, 0.3) is 0 Å². The highest BCUT2D eigenvalue weighted by Crippen LogP contribution is 2.65. The largest absolute Gasteiger partial charge is 0.504 e. The first-order chi connectivity index (χ1) is 25.9. The average Bonchev–Trinajstić information content (AvgIpc) is 3.83. The Balaban J connectivity index is 1.17. The van der Waals surface area contributed by atoms with E-state index in [4.69, 9.17) is 21.4 Å². The molecule has 2 aliphatic heterocycles. The Morgan fingerprint density at radius 3 is 2.50 bits per heavy atom. The van der Waals surface area contributed by atoms with Gasteiger partial charge >= 0.3 is 0 Å². The maximum absolute atomic E-state index is 15.2. The van der Waals surface area contributed by atoms with Crippen LogP contribution < -0.4 is 14.5 Å². The number of para-hydroxylation sites is 2. The number of imide groups is 2. The Labute approximate surface area is 320 Å². The molecule has 4 heterocycles. The number of halogens is 1. The number of phenols is 1. The van der Waals surface area contributed by atoms with Crippen LogP contribution in [0, 0.1) is 36.0 Å². The Morgan fingerprint density at radius 2 is 1.74 bits per heavy atom. The van der Waals surface area contributed by atoms with Crippen LogP contribution in [0.15, 0.2) is 84.4 Å². The molecule has 10 nitrogen and oxygen atoms in total. The van der Waals surface area contributed by atoms with Gasteiger partial charge in [0.15, 0.2) is 11.5 Å². The first-order valence-corrected chi connectivity index (χ1v) is 19.3. The number of carbonyl (C=O) groups is 4. The summed E-state index contributed by atoms with van der Waals surface area (Å²) in [6, 6.07) is 21.6. The molecule has 0 radical (unpaired) electrons. The van der Waals surface area contributed by atoms with Crippen LogP contribution in [0.2, 0.25) is 5.02 Å². The molecule has 5 aromatic rings.